The Labute approximate surface area is 106 Å². The van der Waals surface area contributed by atoms with Crippen molar-refractivity contribution in [3.8, 4) is 0 Å². The van der Waals surface area contributed by atoms with Crippen LogP contribution in [0.2, 0.25) is 0 Å². The van der Waals surface area contributed by atoms with Gasteiger partial charge in [-0.3, -0.25) is 4.79 Å². The Hall–Kier alpha value is -1.84. The second-order valence-electron chi connectivity index (χ2n) is 4.28. The smallest absolute Gasteiger partial charge is 0.347 e. The van der Waals surface area contributed by atoms with E-state index in [4.69, 9.17) is 9.47 Å². The fraction of sp³-hybridized carbons (Fsp3) is 0.429. The van der Waals surface area contributed by atoms with Crippen molar-refractivity contribution in [1.82, 2.24) is 0 Å². The average molecular weight is 248 g/mol. The molecule has 0 bridgehead atoms. The van der Waals surface area contributed by atoms with Crippen molar-refractivity contribution in [2.24, 2.45) is 0 Å². The van der Waals surface area contributed by atoms with Gasteiger partial charge in [0.25, 0.3) is 0 Å². The third kappa shape index (κ3) is 2.88. The summed E-state index contributed by atoms with van der Waals surface area (Å²) in [5.41, 5.74) is 1.06. The first-order chi connectivity index (χ1) is 8.70. The van der Waals surface area contributed by atoms with Gasteiger partial charge in [0.2, 0.25) is 0 Å². The molecule has 0 aliphatic carbocycles. The van der Waals surface area contributed by atoms with E-state index in [9.17, 15) is 9.59 Å². The molecule has 1 aromatic rings. The third-order valence-electron chi connectivity index (χ3n) is 3.01. The monoisotopic (exact) mass is 248 g/mol. The molecule has 1 saturated heterocycles. The van der Waals surface area contributed by atoms with E-state index in [2.05, 4.69) is 0 Å². The van der Waals surface area contributed by atoms with Crippen LogP contribution in [0.3, 0.4) is 0 Å². The summed E-state index contributed by atoms with van der Waals surface area (Å²) in [6.07, 6.45) is 0.0468. The van der Waals surface area contributed by atoms with Gasteiger partial charge in [0, 0.05) is 6.42 Å². The zero-order valence-electron chi connectivity index (χ0n) is 10.3. The Morgan fingerprint density at radius 1 is 1.39 bits per heavy atom. The highest BCUT2D eigenvalue weighted by Crippen LogP contribution is 2.31. The number of hydrogen-bond acceptors (Lipinski definition) is 4. The quantitative estimate of drug-likeness (QED) is 0.768. The molecule has 4 heteroatoms. The van der Waals surface area contributed by atoms with Crippen LogP contribution in [0.25, 0.3) is 0 Å². The van der Waals surface area contributed by atoms with Gasteiger partial charge in [-0.2, -0.15) is 0 Å². The molecule has 0 aromatic heterocycles. The number of cyclic esters (lactones) is 1. The van der Waals surface area contributed by atoms with Crippen molar-refractivity contribution in [2.75, 3.05) is 6.61 Å². The van der Waals surface area contributed by atoms with Gasteiger partial charge in [0.15, 0.2) is 6.10 Å². The molecule has 0 saturated carbocycles. The van der Waals surface area contributed by atoms with Crippen LogP contribution in [0, 0.1) is 0 Å². The van der Waals surface area contributed by atoms with Crippen molar-refractivity contribution in [3.05, 3.63) is 35.9 Å². The fourth-order valence-electron chi connectivity index (χ4n) is 2.16. The molecule has 1 aliphatic heterocycles. The van der Waals surface area contributed by atoms with Crippen LogP contribution in [-0.2, 0) is 19.1 Å². The molecule has 4 nitrogen and oxygen atoms in total. The second-order valence-corrected chi connectivity index (χ2v) is 4.28. The minimum absolute atomic E-state index is 0.0295. The molecular weight excluding hydrogens is 232 g/mol. The summed E-state index contributed by atoms with van der Waals surface area (Å²) in [5.74, 6) is -0.763. The van der Waals surface area contributed by atoms with Crippen molar-refractivity contribution in [1.29, 1.82) is 0 Å². The van der Waals surface area contributed by atoms with Crippen LogP contribution >= 0.6 is 0 Å². The highest BCUT2D eigenvalue weighted by atomic mass is 16.6. The molecule has 96 valence electrons. The number of benzene rings is 1. The van der Waals surface area contributed by atoms with Crippen LogP contribution in [0.4, 0.5) is 0 Å². The summed E-state index contributed by atoms with van der Waals surface area (Å²) in [7, 11) is 0. The van der Waals surface area contributed by atoms with Crippen LogP contribution in [-0.4, -0.2) is 24.6 Å². The molecule has 1 aliphatic rings. The minimum atomic E-state index is -0.767. The van der Waals surface area contributed by atoms with E-state index in [1.54, 1.807) is 6.92 Å². The van der Waals surface area contributed by atoms with E-state index in [-0.39, 0.29) is 11.9 Å². The topological polar surface area (TPSA) is 52.6 Å². The van der Waals surface area contributed by atoms with Crippen molar-refractivity contribution < 1.29 is 19.1 Å². The van der Waals surface area contributed by atoms with Gasteiger partial charge in [0.05, 0.1) is 13.0 Å². The fourth-order valence-corrected chi connectivity index (χ4v) is 2.16. The molecule has 0 unspecified atom stereocenters. The molecule has 0 spiro atoms. The summed E-state index contributed by atoms with van der Waals surface area (Å²) >= 11 is 0. The maximum absolute atomic E-state index is 11.6. The van der Waals surface area contributed by atoms with E-state index in [1.807, 2.05) is 30.3 Å². The zero-order valence-corrected chi connectivity index (χ0v) is 10.3. The first-order valence-corrected chi connectivity index (χ1v) is 6.11. The number of rotatable bonds is 3. The van der Waals surface area contributed by atoms with Crippen LogP contribution in [0.5, 0.6) is 0 Å². The van der Waals surface area contributed by atoms with Crippen molar-refractivity contribution in [2.45, 2.75) is 31.8 Å². The van der Waals surface area contributed by atoms with Crippen molar-refractivity contribution >= 4 is 11.9 Å². The molecule has 1 aromatic carbocycles. The van der Waals surface area contributed by atoms with E-state index in [0.717, 1.165) is 5.56 Å². The molecule has 0 N–H and O–H groups in total. The van der Waals surface area contributed by atoms with Crippen LogP contribution < -0.4 is 0 Å². The maximum Gasteiger partial charge on any atom is 0.347 e. The maximum atomic E-state index is 11.6. The van der Waals surface area contributed by atoms with Gasteiger partial charge in [0.1, 0.15) is 0 Å². The van der Waals surface area contributed by atoms with E-state index >= 15 is 0 Å². The number of hydrogen-bond donors (Lipinski definition) is 0. The summed E-state index contributed by atoms with van der Waals surface area (Å²) in [6, 6.07) is 9.70. The third-order valence-corrected chi connectivity index (χ3v) is 3.01. The molecule has 2 rings (SSSR count). The zero-order chi connectivity index (χ0) is 13.0. The first kappa shape index (κ1) is 12.6. The van der Waals surface area contributed by atoms with Gasteiger partial charge in [-0.05, 0) is 18.4 Å². The van der Waals surface area contributed by atoms with Gasteiger partial charge >= 0.3 is 11.9 Å². The lowest BCUT2D eigenvalue weighted by molar-refractivity contribution is -0.172. The number of carbonyl (C=O) groups excluding carboxylic acids is 2. The summed E-state index contributed by atoms with van der Waals surface area (Å²) in [6.45, 7) is 2.03. The largest absolute Gasteiger partial charge is 0.463 e. The van der Waals surface area contributed by atoms with Gasteiger partial charge < -0.3 is 9.47 Å². The number of carbonyl (C=O) groups is 2. The summed E-state index contributed by atoms with van der Waals surface area (Å²) < 4.78 is 9.94. The van der Waals surface area contributed by atoms with Crippen LogP contribution in [0.1, 0.15) is 31.2 Å². The molecule has 18 heavy (non-hydrogen) atoms. The van der Waals surface area contributed by atoms with Crippen LogP contribution in [0.15, 0.2) is 30.3 Å². The molecular formula is C14H16O4. The predicted octanol–water partition coefficient (Wildman–Crippen LogP) is 2.04. The lowest BCUT2D eigenvalue weighted by Gasteiger charge is -2.27. The Morgan fingerprint density at radius 2 is 2.11 bits per heavy atom. The molecule has 2 atom stereocenters. The summed E-state index contributed by atoms with van der Waals surface area (Å²) in [5, 5.41) is 0. The lowest BCUT2D eigenvalue weighted by Crippen LogP contribution is -2.35. The SMILES string of the molecule is CCOC(=O)[C@@H]1C[C@H](c2ccccc2)CC(=O)O1. The average Bonchev–Trinajstić information content (AvgIpc) is 2.39. The molecule has 0 radical (unpaired) electrons. The normalized spacial score (nSPS) is 23.3. The van der Waals surface area contributed by atoms with E-state index in [0.29, 0.717) is 19.4 Å². The van der Waals surface area contributed by atoms with E-state index in [1.165, 1.54) is 0 Å². The Morgan fingerprint density at radius 3 is 2.78 bits per heavy atom. The molecule has 1 heterocycles. The molecule has 0 amide bonds. The number of ether oxygens (including phenoxy) is 2. The Bertz CT molecular complexity index is 427. The highest BCUT2D eigenvalue weighted by molar-refractivity contribution is 5.81. The Balaban J connectivity index is 2.10. The predicted molar refractivity (Wildman–Crippen MR) is 64.9 cm³/mol. The van der Waals surface area contributed by atoms with Gasteiger partial charge in [-0.15, -0.1) is 0 Å². The van der Waals surface area contributed by atoms with Gasteiger partial charge in [-0.25, -0.2) is 4.79 Å². The lowest BCUT2D eigenvalue weighted by atomic mass is 9.88. The van der Waals surface area contributed by atoms with Crippen molar-refractivity contribution in [3.63, 3.8) is 0 Å². The second kappa shape index (κ2) is 5.67. The Kier molecular flexibility index (Phi) is 3.97. The first-order valence-electron chi connectivity index (χ1n) is 6.11. The minimum Gasteiger partial charge on any atom is -0.463 e. The number of esters is 2. The standard InChI is InChI=1S/C14H16O4/c1-2-17-14(16)12-8-11(9-13(15)18-12)10-6-4-3-5-7-10/h3-7,11-12H,2,8-9H2,1H3/t11-,12-/m0/s1. The van der Waals surface area contributed by atoms with E-state index < -0.39 is 12.1 Å². The van der Waals surface area contributed by atoms with Gasteiger partial charge in [-0.1, -0.05) is 30.3 Å². The highest BCUT2D eigenvalue weighted by Gasteiger charge is 2.34. The molecule has 1 fully saturated rings. The summed E-state index contributed by atoms with van der Waals surface area (Å²) in [4.78, 5) is 23.2.